The Hall–Kier alpha value is -0.860. The Balaban J connectivity index is 2.60. The van der Waals surface area contributed by atoms with E-state index in [2.05, 4.69) is 24.3 Å². The maximum atomic E-state index is 5.07. The van der Waals surface area contributed by atoms with Gasteiger partial charge in [-0.05, 0) is 24.0 Å². The topological polar surface area (TPSA) is 18.5 Å². The summed E-state index contributed by atoms with van der Waals surface area (Å²) in [5, 5.41) is 0. The minimum atomic E-state index is 0.782. The zero-order valence-electron chi connectivity index (χ0n) is 8.95. The van der Waals surface area contributed by atoms with Crippen LogP contribution in [0.4, 0.5) is 0 Å². The minimum Gasteiger partial charge on any atom is -0.384 e. The van der Waals surface area contributed by atoms with E-state index in [-0.39, 0.29) is 0 Å². The molecule has 14 heavy (non-hydrogen) atoms. The van der Waals surface area contributed by atoms with Crippen molar-refractivity contribution in [1.29, 1.82) is 0 Å². The fourth-order valence-electron chi connectivity index (χ4n) is 1.47. The van der Waals surface area contributed by atoms with Crippen molar-refractivity contribution in [3.8, 4) is 0 Å². The van der Waals surface area contributed by atoms with Crippen LogP contribution in [0.15, 0.2) is 24.3 Å². The van der Waals surface area contributed by atoms with E-state index < -0.39 is 0 Å². The van der Waals surface area contributed by atoms with E-state index in [4.69, 9.17) is 9.47 Å². The third kappa shape index (κ3) is 3.48. The Labute approximate surface area is 85.8 Å². The molecule has 2 nitrogen and oxygen atoms in total. The molecule has 78 valence electrons. The molecular formula is C12H18O2. The summed E-state index contributed by atoms with van der Waals surface area (Å²) in [5.74, 6) is 0. The highest BCUT2D eigenvalue weighted by molar-refractivity contribution is 5.27. The zero-order chi connectivity index (χ0) is 10.2. The molecule has 0 fully saturated rings. The van der Waals surface area contributed by atoms with Crippen molar-refractivity contribution in [2.45, 2.75) is 12.8 Å². The molecule has 0 saturated heterocycles. The zero-order valence-corrected chi connectivity index (χ0v) is 8.95. The lowest BCUT2D eigenvalue weighted by Gasteiger charge is -2.08. The minimum absolute atomic E-state index is 0.782. The second kappa shape index (κ2) is 6.57. The molecule has 0 N–H and O–H groups in total. The number of benzene rings is 1. The van der Waals surface area contributed by atoms with Crippen LogP contribution in [-0.4, -0.2) is 27.4 Å². The maximum Gasteiger partial charge on any atom is 0.0502 e. The molecule has 0 aliphatic heterocycles. The summed E-state index contributed by atoms with van der Waals surface area (Å²) in [6.45, 7) is 1.56. The van der Waals surface area contributed by atoms with E-state index in [1.807, 2.05) is 0 Å². The summed E-state index contributed by atoms with van der Waals surface area (Å²) in [5.41, 5.74) is 2.73. The fourth-order valence-corrected chi connectivity index (χ4v) is 1.47. The molecule has 1 aromatic carbocycles. The van der Waals surface area contributed by atoms with Crippen molar-refractivity contribution in [2.24, 2.45) is 0 Å². The molecule has 0 aliphatic rings. The van der Waals surface area contributed by atoms with Crippen molar-refractivity contribution in [3.05, 3.63) is 35.4 Å². The van der Waals surface area contributed by atoms with Crippen LogP contribution in [0.2, 0.25) is 0 Å². The Morgan fingerprint density at radius 1 is 0.857 bits per heavy atom. The molecule has 0 saturated carbocycles. The molecule has 1 aromatic rings. The quantitative estimate of drug-likeness (QED) is 0.690. The fraction of sp³-hybridized carbons (Fsp3) is 0.500. The van der Waals surface area contributed by atoms with Crippen LogP contribution < -0.4 is 0 Å². The number of hydrogen-bond acceptors (Lipinski definition) is 2. The molecule has 0 unspecified atom stereocenters. The number of rotatable bonds is 6. The predicted molar refractivity (Wildman–Crippen MR) is 57.6 cm³/mol. The second-order valence-corrected chi connectivity index (χ2v) is 3.25. The molecule has 0 aliphatic carbocycles. The Kier molecular flexibility index (Phi) is 5.27. The molecule has 0 heterocycles. The highest BCUT2D eigenvalue weighted by atomic mass is 16.5. The van der Waals surface area contributed by atoms with Crippen LogP contribution in [0, 0.1) is 0 Å². The normalized spacial score (nSPS) is 10.4. The summed E-state index contributed by atoms with van der Waals surface area (Å²) in [7, 11) is 3.47. The SMILES string of the molecule is COCCc1ccccc1CCOC. The second-order valence-electron chi connectivity index (χ2n) is 3.25. The van der Waals surface area contributed by atoms with Crippen molar-refractivity contribution < 1.29 is 9.47 Å². The molecular weight excluding hydrogens is 176 g/mol. The average molecular weight is 194 g/mol. The Bertz CT molecular complexity index is 231. The Morgan fingerprint density at radius 3 is 1.64 bits per heavy atom. The van der Waals surface area contributed by atoms with Gasteiger partial charge in [0.15, 0.2) is 0 Å². The van der Waals surface area contributed by atoms with E-state index in [0.717, 1.165) is 26.1 Å². The molecule has 0 bridgehead atoms. The van der Waals surface area contributed by atoms with Crippen LogP contribution in [-0.2, 0) is 22.3 Å². The van der Waals surface area contributed by atoms with Gasteiger partial charge < -0.3 is 9.47 Å². The summed E-state index contributed by atoms with van der Waals surface area (Å²) in [6, 6.07) is 8.45. The van der Waals surface area contributed by atoms with Crippen LogP contribution >= 0.6 is 0 Å². The molecule has 0 aromatic heterocycles. The lowest BCUT2D eigenvalue weighted by atomic mass is 10.0. The third-order valence-corrected chi connectivity index (χ3v) is 2.27. The van der Waals surface area contributed by atoms with Gasteiger partial charge in [-0.1, -0.05) is 24.3 Å². The standard InChI is InChI=1S/C12H18O2/c1-13-9-7-11-5-3-4-6-12(11)8-10-14-2/h3-6H,7-10H2,1-2H3. The first kappa shape index (κ1) is 11.2. The summed E-state index contributed by atoms with van der Waals surface area (Å²) < 4.78 is 10.1. The van der Waals surface area contributed by atoms with E-state index in [0.29, 0.717) is 0 Å². The van der Waals surface area contributed by atoms with Gasteiger partial charge in [0.25, 0.3) is 0 Å². The number of ether oxygens (including phenoxy) is 2. The van der Waals surface area contributed by atoms with Gasteiger partial charge in [0.05, 0.1) is 13.2 Å². The molecule has 0 radical (unpaired) electrons. The smallest absolute Gasteiger partial charge is 0.0502 e. The summed E-state index contributed by atoms with van der Waals surface area (Å²) >= 11 is 0. The molecule has 0 spiro atoms. The van der Waals surface area contributed by atoms with Gasteiger partial charge >= 0.3 is 0 Å². The average Bonchev–Trinajstić information content (AvgIpc) is 2.24. The van der Waals surface area contributed by atoms with Crippen molar-refractivity contribution in [3.63, 3.8) is 0 Å². The van der Waals surface area contributed by atoms with E-state index in [9.17, 15) is 0 Å². The van der Waals surface area contributed by atoms with Gasteiger partial charge in [-0.2, -0.15) is 0 Å². The van der Waals surface area contributed by atoms with Gasteiger partial charge in [0, 0.05) is 14.2 Å². The van der Waals surface area contributed by atoms with Gasteiger partial charge in [-0.15, -0.1) is 0 Å². The van der Waals surface area contributed by atoms with Crippen molar-refractivity contribution >= 4 is 0 Å². The molecule has 2 heteroatoms. The maximum absolute atomic E-state index is 5.07. The molecule has 1 rings (SSSR count). The summed E-state index contributed by atoms with van der Waals surface area (Å²) in [6.07, 6.45) is 1.97. The van der Waals surface area contributed by atoms with Crippen molar-refractivity contribution in [1.82, 2.24) is 0 Å². The van der Waals surface area contributed by atoms with E-state index in [1.165, 1.54) is 11.1 Å². The molecule has 0 atom stereocenters. The highest BCUT2D eigenvalue weighted by Crippen LogP contribution is 2.10. The first-order valence-corrected chi connectivity index (χ1v) is 4.93. The lowest BCUT2D eigenvalue weighted by molar-refractivity contribution is 0.198. The first-order valence-electron chi connectivity index (χ1n) is 4.93. The van der Waals surface area contributed by atoms with Gasteiger partial charge in [-0.25, -0.2) is 0 Å². The lowest BCUT2D eigenvalue weighted by Crippen LogP contribution is -2.02. The molecule has 0 amide bonds. The monoisotopic (exact) mass is 194 g/mol. The van der Waals surface area contributed by atoms with Crippen LogP contribution in [0.3, 0.4) is 0 Å². The van der Waals surface area contributed by atoms with Gasteiger partial charge in [0.2, 0.25) is 0 Å². The predicted octanol–water partition coefficient (Wildman–Crippen LogP) is 2.06. The number of hydrogen-bond donors (Lipinski definition) is 0. The first-order chi connectivity index (χ1) is 6.88. The number of methoxy groups -OCH3 is 2. The van der Waals surface area contributed by atoms with E-state index >= 15 is 0 Å². The van der Waals surface area contributed by atoms with Gasteiger partial charge in [-0.3, -0.25) is 0 Å². The summed E-state index contributed by atoms with van der Waals surface area (Å²) in [4.78, 5) is 0. The third-order valence-electron chi connectivity index (χ3n) is 2.27. The highest BCUT2D eigenvalue weighted by Gasteiger charge is 2.00. The van der Waals surface area contributed by atoms with Crippen LogP contribution in [0.5, 0.6) is 0 Å². The van der Waals surface area contributed by atoms with Crippen LogP contribution in [0.1, 0.15) is 11.1 Å². The largest absolute Gasteiger partial charge is 0.384 e. The van der Waals surface area contributed by atoms with E-state index in [1.54, 1.807) is 14.2 Å². The van der Waals surface area contributed by atoms with Gasteiger partial charge in [0.1, 0.15) is 0 Å². The Morgan fingerprint density at radius 2 is 1.29 bits per heavy atom. The van der Waals surface area contributed by atoms with Crippen LogP contribution in [0.25, 0.3) is 0 Å². The van der Waals surface area contributed by atoms with Crippen molar-refractivity contribution in [2.75, 3.05) is 27.4 Å².